The Balaban J connectivity index is 1.51. The van der Waals surface area contributed by atoms with Crippen molar-refractivity contribution < 1.29 is 19.1 Å². The molecule has 1 aliphatic heterocycles. The van der Waals surface area contributed by atoms with Crippen molar-refractivity contribution in [3.8, 4) is 5.75 Å². The molecule has 0 radical (unpaired) electrons. The van der Waals surface area contributed by atoms with Gasteiger partial charge < -0.3 is 20.6 Å². The molecule has 1 atom stereocenters. The lowest BCUT2D eigenvalue weighted by Gasteiger charge is -2.39. The third-order valence-corrected chi connectivity index (χ3v) is 6.39. The Labute approximate surface area is 187 Å². The van der Waals surface area contributed by atoms with Crippen molar-refractivity contribution in [3.63, 3.8) is 0 Å². The molecule has 2 aromatic carbocycles. The number of aromatic hydroxyl groups is 1. The lowest BCUT2D eigenvalue weighted by Crippen LogP contribution is -2.52. The van der Waals surface area contributed by atoms with E-state index in [9.17, 15) is 19.1 Å². The van der Waals surface area contributed by atoms with Gasteiger partial charge in [0.05, 0.1) is 0 Å². The highest BCUT2D eigenvalue weighted by atomic mass is 19.1. The van der Waals surface area contributed by atoms with Gasteiger partial charge in [-0.05, 0) is 75.4 Å². The van der Waals surface area contributed by atoms with Gasteiger partial charge >= 0.3 is 0 Å². The van der Waals surface area contributed by atoms with E-state index in [1.807, 2.05) is 19.9 Å². The van der Waals surface area contributed by atoms with Gasteiger partial charge in [0.15, 0.2) is 0 Å². The molecule has 1 heterocycles. The van der Waals surface area contributed by atoms with Crippen LogP contribution in [-0.4, -0.2) is 35.2 Å². The van der Waals surface area contributed by atoms with Crippen molar-refractivity contribution in [2.24, 2.45) is 5.92 Å². The van der Waals surface area contributed by atoms with Crippen LogP contribution in [0.5, 0.6) is 5.75 Å². The molecular formula is C25H30FN3O3. The number of halogens is 1. The number of nitrogens with zero attached hydrogens (tertiary/aromatic N) is 1. The van der Waals surface area contributed by atoms with Crippen molar-refractivity contribution in [2.45, 2.75) is 64.2 Å². The predicted octanol–water partition coefficient (Wildman–Crippen LogP) is 3.73. The van der Waals surface area contributed by atoms with E-state index in [0.717, 1.165) is 36.9 Å². The summed E-state index contributed by atoms with van der Waals surface area (Å²) in [6, 6.07) is 11.1. The number of phenols is 1. The zero-order valence-electron chi connectivity index (χ0n) is 18.5. The van der Waals surface area contributed by atoms with Gasteiger partial charge in [-0.2, -0.15) is 0 Å². The molecule has 32 heavy (non-hydrogen) atoms. The number of carbonyl (C=O) groups excluding carboxylic acids is 2. The third kappa shape index (κ3) is 4.71. The van der Waals surface area contributed by atoms with E-state index in [1.54, 1.807) is 12.1 Å². The van der Waals surface area contributed by atoms with Gasteiger partial charge in [-0.3, -0.25) is 9.59 Å². The van der Waals surface area contributed by atoms with Crippen LogP contribution in [0.3, 0.4) is 0 Å². The molecular weight excluding hydrogens is 409 g/mol. The van der Waals surface area contributed by atoms with Gasteiger partial charge in [0.1, 0.15) is 17.7 Å². The average molecular weight is 440 g/mol. The number of hydrogen-bond donors (Lipinski definition) is 3. The third-order valence-electron chi connectivity index (χ3n) is 6.39. The number of benzene rings is 2. The highest BCUT2D eigenvalue weighted by Crippen LogP contribution is 2.40. The molecule has 2 aliphatic rings. The predicted molar refractivity (Wildman–Crippen MR) is 121 cm³/mol. The number of phenolic OH excluding ortho intramolecular Hbond substituents is 1. The van der Waals surface area contributed by atoms with Crippen LogP contribution in [-0.2, 0) is 11.2 Å². The highest BCUT2D eigenvalue weighted by molar-refractivity contribution is 5.94. The Morgan fingerprint density at radius 2 is 1.75 bits per heavy atom. The molecule has 6 nitrogen and oxygen atoms in total. The maximum atomic E-state index is 13.2. The van der Waals surface area contributed by atoms with Crippen LogP contribution >= 0.6 is 0 Å². The second-order valence-electron chi connectivity index (χ2n) is 9.09. The van der Waals surface area contributed by atoms with Crippen LogP contribution < -0.4 is 15.5 Å². The van der Waals surface area contributed by atoms with Crippen molar-refractivity contribution in [1.29, 1.82) is 0 Å². The fourth-order valence-electron chi connectivity index (χ4n) is 4.87. The van der Waals surface area contributed by atoms with E-state index < -0.39 is 0 Å². The van der Waals surface area contributed by atoms with Crippen LogP contribution in [0.1, 0.15) is 55.5 Å². The number of carbonyl (C=O) groups is 2. The molecule has 4 rings (SSSR count). The average Bonchev–Trinajstić information content (AvgIpc) is 3.10. The number of anilines is 1. The van der Waals surface area contributed by atoms with Gasteiger partial charge in [0.25, 0.3) is 5.91 Å². The first-order valence-electron chi connectivity index (χ1n) is 11.3. The summed E-state index contributed by atoms with van der Waals surface area (Å²) in [4.78, 5) is 27.5. The quantitative estimate of drug-likeness (QED) is 0.663. The van der Waals surface area contributed by atoms with Gasteiger partial charge in [-0.15, -0.1) is 0 Å². The van der Waals surface area contributed by atoms with Crippen LogP contribution in [0.4, 0.5) is 10.1 Å². The summed E-state index contributed by atoms with van der Waals surface area (Å²) < 4.78 is 13.2. The van der Waals surface area contributed by atoms with Crippen LogP contribution in [0.2, 0.25) is 0 Å². The molecule has 7 heteroatoms. The molecule has 1 unspecified atom stereocenters. The van der Waals surface area contributed by atoms with Gasteiger partial charge in [-0.1, -0.05) is 6.07 Å². The maximum absolute atomic E-state index is 13.2. The summed E-state index contributed by atoms with van der Waals surface area (Å²) >= 11 is 0. The van der Waals surface area contributed by atoms with Crippen LogP contribution in [0.25, 0.3) is 0 Å². The fraction of sp³-hybridized carbons (Fsp3) is 0.440. The Morgan fingerprint density at radius 3 is 2.41 bits per heavy atom. The Kier molecular flexibility index (Phi) is 6.35. The first-order valence-corrected chi connectivity index (χ1v) is 11.3. The minimum atomic E-state index is -0.384. The second-order valence-corrected chi connectivity index (χ2v) is 9.09. The molecule has 3 N–H and O–H groups in total. The normalized spacial score (nSPS) is 22.5. The monoisotopic (exact) mass is 439 g/mol. The number of nitrogens with one attached hydrogen (secondary N) is 2. The van der Waals surface area contributed by atoms with Gasteiger partial charge in [-0.25, -0.2) is 4.39 Å². The maximum Gasteiger partial charge on any atom is 0.252 e. The molecule has 1 aliphatic carbocycles. The first kappa shape index (κ1) is 22.1. The number of fused-ring (bicyclic) bond motifs is 1. The SMILES string of the molecule is CC(C)NC(=O)C1CCC(N2c3cc(O)ccc3CC2NC(=O)c2ccc(F)cc2)CC1. The molecule has 0 aromatic heterocycles. The summed E-state index contributed by atoms with van der Waals surface area (Å²) in [5, 5.41) is 16.2. The van der Waals surface area contributed by atoms with E-state index in [4.69, 9.17) is 0 Å². The lowest BCUT2D eigenvalue weighted by molar-refractivity contribution is -0.126. The Hall–Kier alpha value is -3.09. The fourth-order valence-corrected chi connectivity index (χ4v) is 4.87. The smallest absolute Gasteiger partial charge is 0.252 e. The van der Waals surface area contributed by atoms with Gasteiger partial charge in [0, 0.05) is 41.7 Å². The zero-order valence-corrected chi connectivity index (χ0v) is 18.5. The largest absolute Gasteiger partial charge is 0.508 e. The summed E-state index contributed by atoms with van der Waals surface area (Å²) in [5.74, 6) is -0.345. The van der Waals surface area contributed by atoms with E-state index >= 15 is 0 Å². The number of hydrogen-bond acceptors (Lipinski definition) is 4. The molecule has 2 amide bonds. The lowest BCUT2D eigenvalue weighted by atomic mass is 9.84. The molecule has 0 spiro atoms. The number of rotatable bonds is 5. The molecule has 2 aromatic rings. The van der Waals surface area contributed by atoms with E-state index in [0.29, 0.717) is 12.0 Å². The van der Waals surface area contributed by atoms with E-state index in [1.165, 1.54) is 24.3 Å². The molecule has 1 saturated carbocycles. The standard InChI is InChI=1S/C25H30FN3O3/c1-15(2)27-24(31)17-5-10-20(11-6-17)29-22-14-21(30)12-7-18(22)13-23(29)28-25(32)16-3-8-19(26)9-4-16/h3-4,7-9,12,14-15,17,20,23,30H,5-6,10-11,13H2,1-2H3,(H,27,31)(H,28,32). The van der Waals surface area contributed by atoms with Crippen LogP contribution in [0.15, 0.2) is 42.5 Å². The van der Waals surface area contributed by atoms with Crippen molar-refractivity contribution >= 4 is 17.5 Å². The topological polar surface area (TPSA) is 81.7 Å². The van der Waals surface area contributed by atoms with E-state index in [2.05, 4.69) is 15.5 Å². The highest BCUT2D eigenvalue weighted by Gasteiger charge is 2.38. The van der Waals surface area contributed by atoms with Crippen molar-refractivity contribution in [2.75, 3.05) is 4.90 Å². The van der Waals surface area contributed by atoms with Crippen molar-refractivity contribution in [3.05, 3.63) is 59.4 Å². The molecule has 0 saturated heterocycles. The minimum absolute atomic E-state index is 0.00663. The van der Waals surface area contributed by atoms with Crippen LogP contribution in [0, 0.1) is 11.7 Å². The molecule has 0 bridgehead atoms. The summed E-state index contributed by atoms with van der Waals surface area (Å²) in [5.41, 5.74) is 2.38. The minimum Gasteiger partial charge on any atom is -0.508 e. The molecule has 170 valence electrons. The Morgan fingerprint density at radius 1 is 1.06 bits per heavy atom. The van der Waals surface area contributed by atoms with Gasteiger partial charge in [0.2, 0.25) is 5.91 Å². The van der Waals surface area contributed by atoms with E-state index in [-0.39, 0.29) is 47.5 Å². The zero-order chi connectivity index (χ0) is 22.8. The second kappa shape index (κ2) is 9.18. The summed E-state index contributed by atoms with van der Waals surface area (Å²) in [6.45, 7) is 3.93. The Bertz CT molecular complexity index is 984. The first-order chi connectivity index (χ1) is 15.3. The number of amides is 2. The molecule has 1 fully saturated rings. The summed E-state index contributed by atoms with van der Waals surface area (Å²) in [6.07, 6.45) is 3.58. The van der Waals surface area contributed by atoms with Crippen molar-refractivity contribution in [1.82, 2.24) is 10.6 Å². The summed E-state index contributed by atoms with van der Waals surface area (Å²) in [7, 11) is 0.